The first-order chi connectivity index (χ1) is 15.4. The van der Waals surface area contributed by atoms with Crippen molar-refractivity contribution in [3.63, 3.8) is 0 Å². The van der Waals surface area contributed by atoms with Gasteiger partial charge in [-0.05, 0) is 72.5 Å². The van der Waals surface area contributed by atoms with E-state index < -0.39 is 10.0 Å². The van der Waals surface area contributed by atoms with Crippen LogP contribution >= 0.6 is 0 Å². The van der Waals surface area contributed by atoms with E-state index in [1.165, 1.54) is 20.9 Å². The minimum absolute atomic E-state index is 0.102. The Labute approximate surface area is 186 Å². The van der Waals surface area contributed by atoms with Crippen molar-refractivity contribution in [3.8, 4) is 5.69 Å². The highest BCUT2D eigenvalue weighted by Gasteiger charge is 2.38. The van der Waals surface area contributed by atoms with E-state index in [-0.39, 0.29) is 22.8 Å². The van der Waals surface area contributed by atoms with Gasteiger partial charge in [0.1, 0.15) is 6.33 Å². The molecule has 0 radical (unpaired) electrons. The molecule has 3 aromatic rings. The molecule has 0 spiro atoms. The predicted octanol–water partition coefficient (Wildman–Crippen LogP) is 2.04. The van der Waals surface area contributed by atoms with Crippen LogP contribution in [0.25, 0.3) is 5.69 Å². The van der Waals surface area contributed by atoms with Crippen LogP contribution in [0, 0.1) is 5.92 Å². The summed E-state index contributed by atoms with van der Waals surface area (Å²) in [7, 11) is -3.63. The largest absolute Gasteiger partial charge is 0.309 e. The number of benzene rings is 2. The summed E-state index contributed by atoms with van der Waals surface area (Å²) < 4.78 is 29.2. The van der Waals surface area contributed by atoms with Gasteiger partial charge in [-0.3, -0.25) is 4.79 Å². The zero-order chi connectivity index (χ0) is 22.3. The molecule has 32 heavy (non-hydrogen) atoms. The number of nitrogens with zero attached hydrogens (tertiary/aromatic N) is 6. The van der Waals surface area contributed by atoms with E-state index in [4.69, 9.17) is 0 Å². The van der Waals surface area contributed by atoms with Crippen molar-refractivity contribution < 1.29 is 13.2 Å². The van der Waals surface area contributed by atoms with Crippen molar-refractivity contribution in [2.75, 3.05) is 18.0 Å². The summed E-state index contributed by atoms with van der Waals surface area (Å²) in [5.74, 6) is -0.0671. The van der Waals surface area contributed by atoms with E-state index in [1.54, 1.807) is 24.3 Å². The van der Waals surface area contributed by atoms with Crippen LogP contribution in [0.1, 0.15) is 25.3 Å². The molecule has 10 heteroatoms. The quantitative estimate of drug-likeness (QED) is 0.600. The highest BCUT2D eigenvalue weighted by atomic mass is 32.2. The molecule has 0 N–H and O–H groups in total. The number of para-hydroxylation sites is 1. The third-order valence-electron chi connectivity index (χ3n) is 6.34. The zero-order valence-corrected chi connectivity index (χ0v) is 18.5. The molecular weight excluding hydrogens is 428 g/mol. The van der Waals surface area contributed by atoms with Crippen LogP contribution in [-0.4, -0.2) is 58.0 Å². The van der Waals surface area contributed by atoms with E-state index in [1.807, 2.05) is 23.1 Å². The first kappa shape index (κ1) is 20.8. The highest BCUT2D eigenvalue weighted by molar-refractivity contribution is 7.89. The van der Waals surface area contributed by atoms with Crippen molar-refractivity contribution >= 4 is 21.6 Å². The fraction of sp³-hybridized carbons (Fsp3) is 0.364. The van der Waals surface area contributed by atoms with Crippen molar-refractivity contribution in [2.45, 2.75) is 37.1 Å². The van der Waals surface area contributed by atoms with Crippen molar-refractivity contribution in [2.24, 2.45) is 5.92 Å². The number of carbonyl (C=O) groups is 1. The van der Waals surface area contributed by atoms with E-state index in [0.717, 1.165) is 12.1 Å². The normalized spacial score (nSPS) is 19.8. The average Bonchev–Trinajstić information content (AvgIpc) is 3.46. The van der Waals surface area contributed by atoms with Crippen molar-refractivity contribution in [1.82, 2.24) is 24.5 Å². The summed E-state index contributed by atoms with van der Waals surface area (Å²) >= 11 is 0. The summed E-state index contributed by atoms with van der Waals surface area (Å²) in [4.78, 5) is 15.4. The molecule has 3 heterocycles. The van der Waals surface area contributed by atoms with Crippen LogP contribution in [-0.2, 0) is 21.2 Å². The van der Waals surface area contributed by atoms with E-state index in [2.05, 4.69) is 28.5 Å². The SMILES string of the molecule is C[C@H]1Cc2ccccc2N1C(=O)C1CCN(S(=O)(=O)c2ccc(-n3cnnn3)cc2)CC1. The number of fused-ring (bicyclic) bond motifs is 1. The Kier molecular flexibility index (Phi) is 5.26. The van der Waals surface area contributed by atoms with Crippen molar-refractivity contribution in [3.05, 3.63) is 60.4 Å². The van der Waals surface area contributed by atoms with Crippen LogP contribution in [0.3, 0.4) is 0 Å². The van der Waals surface area contributed by atoms with Gasteiger partial charge in [0.25, 0.3) is 0 Å². The molecule has 1 fully saturated rings. The number of rotatable bonds is 4. The van der Waals surface area contributed by atoms with Crippen LogP contribution in [0.4, 0.5) is 5.69 Å². The van der Waals surface area contributed by atoms with Gasteiger partial charge >= 0.3 is 0 Å². The second-order valence-corrected chi connectivity index (χ2v) is 10.3. The lowest BCUT2D eigenvalue weighted by atomic mass is 9.96. The molecule has 9 nitrogen and oxygen atoms in total. The number of sulfonamides is 1. The Morgan fingerprint density at radius 2 is 1.75 bits per heavy atom. The first-order valence-corrected chi connectivity index (χ1v) is 12.1. The predicted molar refractivity (Wildman–Crippen MR) is 118 cm³/mol. The molecule has 0 unspecified atom stereocenters. The lowest BCUT2D eigenvalue weighted by molar-refractivity contribution is -0.123. The summed E-state index contributed by atoms with van der Waals surface area (Å²) in [6.45, 7) is 2.73. The number of anilines is 1. The second kappa shape index (κ2) is 8.10. The van der Waals surface area contributed by atoms with Gasteiger partial charge in [-0.1, -0.05) is 18.2 Å². The minimum Gasteiger partial charge on any atom is -0.309 e. The maximum absolute atomic E-state index is 13.3. The molecule has 1 aromatic heterocycles. The van der Waals surface area contributed by atoms with Gasteiger partial charge in [0.05, 0.1) is 10.6 Å². The third-order valence-corrected chi connectivity index (χ3v) is 8.25. The molecule has 0 aliphatic carbocycles. The lowest BCUT2D eigenvalue weighted by Gasteiger charge is -2.34. The number of amides is 1. The molecule has 2 aliphatic rings. The summed E-state index contributed by atoms with van der Waals surface area (Å²) in [6.07, 6.45) is 3.35. The number of hydrogen-bond acceptors (Lipinski definition) is 6. The molecule has 166 valence electrons. The third kappa shape index (κ3) is 3.59. The minimum atomic E-state index is -3.63. The monoisotopic (exact) mass is 452 g/mol. The Morgan fingerprint density at radius 1 is 1.03 bits per heavy atom. The van der Waals surface area contributed by atoms with Gasteiger partial charge in [0, 0.05) is 30.7 Å². The molecular formula is C22H24N6O3S. The number of carbonyl (C=O) groups excluding carboxylic acids is 1. The van der Waals surface area contributed by atoms with E-state index >= 15 is 0 Å². The summed E-state index contributed by atoms with van der Waals surface area (Å²) in [5.41, 5.74) is 2.86. The standard InChI is InChI=1S/C22H24N6O3S/c1-16-14-18-4-2-3-5-21(18)28(16)22(29)17-10-12-26(13-11-17)32(30,31)20-8-6-19(7-9-20)27-15-23-24-25-27/h2-9,15-17H,10-14H2,1H3/t16-/m0/s1. The summed E-state index contributed by atoms with van der Waals surface area (Å²) in [6, 6.07) is 14.6. The molecule has 1 atom stereocenters. The first-order valence-electron chi connectivity index (χ1n) is 10.7. The van der Waals surface area contributed by atoms with Gasteiger partial charge < -0.3 is 4.90 Å². The van der Waals surface area contributed by atoms with E-state index in [0.29, 0.717) is 31.6 Å². The topological polar surface area (TPSA) is 101 Å². The van der Waals surface area contributed by atoms with Gasteiger partial charge in [-0.15, -0.1) is 5.10 Å². The fourth-order valence-corrected chi connectivity index (χ4v) is 6.11. The van der Waals surface area contributed by atoms with Crippen LogP contribution in [0.5, 0.6) is 0 Å². The lowest BCUT2D eigenvalue weighted by Crippen LogP contribution is -2.46. The number of piperidine rings is 1. The fourth-order valence-electron chi connectivity index (χ4n) is 4.64. The number of tetrazole rings is 1. The Hall–Kier alpha value is -3.11. The van der Waals surface area contributed by atoms with E-state index in [9.17, 15) is 13.2 Å². The maximum Gasteiger partial charge on any atom is 0.243 e. The van der Waals surface area contributed by atoms with Gasteiger partial charge in [-0.25, -0.2) is 13.1 Å². The molecule has 5 rings (SSSR count). The summed E-state index contributed by atoms with van der Waals surface area (Å²) in [5, 5.41) is 11.0. The molecule has 1 amide bonds. The Bertz CT molecular complexity index is 1220. The molecule has 2 aliphatic heterocycles. The molecule has 1 saturated heterocycles. The zero-order valence-electron chi connectivity index (χ0n) is 17.7. The average molecular weight is 453 g/mol. The van der Waals surface area contributed by atoms with Gasteiger partial charge in [0.15, 0.2) is 0 Å². The number of aromatic nitrogens is 4. The van der Waals surface area contributed by atoms with Crippen LogP contribution < -0.4 is 4.90 Å². The molecule has 0 saturated carbocycles. The maximum atomic E-state index is 13.3. The van der Waals surface area contributed by atoms with Gasteiger partial charge in [-0.2, -0.15) is 4.31 Å². The Balaban J connectivity index is 1.27. The molecule has 0 bridgehead atoms. The number of hydrogen-bond donors (Lipinski definition) is 0. The highest BCUT2D eigenvalue weighted by Crippen LogP contribution is 2.35. The molecule has 2 aromatic carbocycles. The van der Waals surface area contributed by atoms with Crippen LogP contribution in [0.2, 0.25) is 0 Å². The second-order valence-electron chi connectivity index (χ2n) is 8.32. The Morgan fingerprint density at radius 3 is 2.44 bits per heavy atom. The van der Waals surface area contributed by atoms with Crippen LogP contribution in [0.15, 0.2) is 59.8 Å². The van der Waals surface area contributed by atoms with Crippen molar-refractivity contribution in [1.29, 1.82) is 0 Å². The smallest absolute Gasteiger partial charge is 0.243 e. The van der Waals surface area contributed by atoms with Gasteiger partial charge in [0.2, 0.25) is 15.9 Å².